The van der Waals surface area contributed by atoms with Gasteiger partial charge in [0, 0.05) is 37.8 Å². The molecular formula is C23H29N3O4S. The molecule has 7 nitrogen and oxygen atoms in total. The van der Waals surface area contributed by atoms with Crippen LogP contribution >= 0.6 is 0 Å². The lowest BCUT2D eigenvalue weighted by molar-refractivity contribution is -0.123. The van der Waals surface area contributed by atoms with Gasteiger partial charge in [0.2, 0.25) is 5.91 Å². The molecule has 0 atom stereocenters. The summed E-state index contributed by atoms with van der Waals surface area (Å²) in [5.41, 5.74) is 1.17. The molecule has 3 rings (SSSR count). The lowest BCUT2D eigenvalue weighted by Crippen LogP contribution is -2.51. The maximum absolute atomic E-state index is 12.8. The fraction of sp³-hybridized carbons (Fsp3) is 0.391. The van der Waals surface area contributed by atoms with E-state index in [2.05, 4.69) is 5.32 Å². The van der Waals surface area contributed by atoms with Crippen molar-refractivity contribution >= 4 is 21.7 Å². The Morgan fingerprint density at radius 1 is 0.935 bits per heavy atom. The van der Waals surface area contributed by atoms with Crippen LogP contribution in [0.3, 0.4) is 0 Å². The number of piperazine rings is 1. The normalized spacial score (nSPS) is 15.1. The lowest BCUT2D eigenvalue weighted by atomic mass is 10.1. The van der Waals surface area contributed by atoms with E-state index >= 15 is 0 Å². The van der Waals surface area contributed by atoms with E-state index in [4.69, 9.17) is 0 Å². The molecule has 2 amide bonds. The van der Waals surface area contributed by atoms with E-state index in [1.54, 1.807) is 59.5 Å². The molecule has 1 aliphatic rings. The van der Waals surface area contributed by atoms with Gasteiger partial charge >= 0.3 is 0 Å². The number of benzene rings is 2. The van der Waals surface area contributed by atoms with Gasteiger partial charge in [-0.15, -0.1) is 0 Å². The van der Waals surface area contributed by atoms with Gasteiger partial charge in [0.25, 0.3) is 5.91 Å². The summed E-state index contributed by atoms with van der Waals surface area (Å²) in [5, 5.41) is 2.88. The second-order valence-electron chi connectivity index (χ2n) is 8.06. The van der Waals surface area contributed by atoms with Gasteiger partial charge in [-0.1, -0.05) is 30.3 Å². The molecule has 2 aromatic carbocycles. The number of hydrogen-bond donors (Lipinski definition) is 1. The maximum atomic E-state index is 12.8. The van der Waals surface area contributed by atoms with Gasteiger partial charge < -0.3 is 10.2 Å². The Morgan fingerprint density at radius 2 is 1.55 bits per heavy atom. The highest BCUT2D eigenvalue weighted by Crippen LogP contribution is 2.17. The van der Waals surface area contributed by atoms with Gasteiger partial charge in [-0.2, -0.15) is 0 Å². The molecule has 31 heavy (non-hydrogen) atoms. The minimum atomic E-state index is -3.42. The highest BCUT2D eigenvalue weighted by Gasteiger charge is 2.23. The number of nitrogens with one attached hydrogen (secondary N) is 1. The first kappa shape index (κ1) is 23.0. The van der Waals surface area contributed by atoms with Crippen LogP contribution in [0.15, 0.2) is 59.5 Å². The molecule has 1 fully saturated rings. The van der Waals surface area contributed by atoms with Crippen molar-refractivity contribution < 1.29 is 18.0 Å². The number of rotatable bonds is 7. The first-order valence-electron chi connectivity index (χ1n) is 10.4. The number of nitrogens with zero attached hydrogens (tertiary/aromatic N) is 2. The third-order valence-electron chi connectivity index (χ3n) is 5.14. The van der Waals surface area contributed by atoms with E-state index < -0.39 is 9.84 Å². The quantitative estimate of drug-likeness (QED) is 0.707. The molecule has 1 aliphatic heterocycles. The molecule has 1 N–H and O–H groups in total. The molecule has 1 saturated heterocycles. The van der Waals surface area contributed by atoms with Crippen molar-refractivity contribution in [3.63, 3.8) is 0 Å². The minimum absolute atomic E-state index is 0.00387. The largest absolute Gasteiger partial charge is 0.353 e. The Morgan fingerprint density at radius 3 is 2.13 bits per heavy atom. The van der Waals surface area contributed by atoms with Crippen molar-refractivity contribution in [3.8, 4) is 0 Å². The zero-order chi connectivity index (χ0) is 22.4. The summed E-state index contributed by atoms with van der Waals surface area (Å²) in [6, 6.07) is 15.2. The Kier molecular flexibility index (Phi) is 7.46. The minimum Gasteiger partial charge on any atom is -0.353 e. The summed E-state index contributed by atoms with van der Waals surface area (Å²) in [6.07, 6.45) is 0. The van der Waals surface area contributed by atoms with Crippen molar-refractivity contribution in [2.75, 3.05) is 32.7 Å². The van der Waals surface area contributed by atoms with Crippen LogP contribution < -0.4 is 5.32 Å². The standard InChI is InChI=1S/C23H29N3O4S/c1-18(2)24-22(27)16-25-12-14-26(15-13-25)23(28)20-10-8-19(9-11-20)17-31(29,30)21-6-4-3-5-7-21/h3-11,18H,12-17H2,1-2H3,(H,24,27). The van der Waals surface area contributed by atoms with E-state index in [0.29, 0.717) is 43.9 Å². The van der Waals surface area contributed by atoms with E-state index in [-0.39, 0.29) is 28.5 Å². The van der Waals surface area contributed by atoms with Crippen LogP contribution in [-0.2, 0) is 20.4 Å². The predicted octanol–water partition coefficient (Wildman–Crippen LogP) is 1.94. The molecular weight excluding hydrogens is 414 g/mol. The molecule has 0 spiro atoms. The number of carbonyl (C=O) groups excluding carboxylic acids is 2. The summed E-state index contributed by atoms with van der Waals surface area (Å²) in [7, 11) is -3.42. The van der Waals surface area contributed by atoms with E-state index in [9.17, 15) is 18.0 Å². The molecule has 166 valence electrons. The third kappa shape index (κ3) is 6.38. The first-order chi connectivity index (χ1) is 14.7. The number of amides is 2. The average molecular weight is 444 g/mol. The van der Waals surface area contributed by atoms with Crippen molar-refractivity contribution in [3.05, 3.63) is 65.7 Å². The van der Waals surface area contributed by atoms with Crippen LogP contribution in [0.4, 0.5) is 0 Å². The summed E-state index contributed by atoms with van der Waals surface area (Å²) in [5.74, 6) is -0.192. The van der Waals surface area contributed by atoms with Gasteiger partial charge in [0.1, 0.15) is 0 Å². The van der Waals surface area contributed by atoms with E-state index in [0.717, 1.165) is 0 Å². The number of sulfone groups is 1. The zero-order valence-corrected chi connectivity index (χ0v) is 18.8. The summed E-state index contributed by atoms with van der Waals surface area (Å²) < 4.78 is 25.1. The van der Waals surface area contributed by atoms with Crippen LogP contribution in [0.2, 0.25) is 0 Å². The fourth-order valence-electron chi connectivity index (χ4n) is 3.54. The summed E-state index contributed by atoms with van der Waals surface area (Å²) in [4.78, 5) is 28.8. The Balaban J connectivity index is 1.55. The van der Waals surface area contributed by atoms with Gasteiger partial charge in [-0.3, -0.25) is 14.5 Å². The first-order valence-corrected chi connectivity index (χ1v) is 12.1. The molecule has 0 aromatic heterocycles. The molecule has 0 aliphatic carbocycles. The second kappa shape index (κ2) is 10.1. The van der Waals surface area contributed by atoms with Crippen molar-refractivity contribution in [2.45, 2.75) is 30.5 Å². The highest BCUT2D eigenvalue weighted by atomic mass is 32.2. The molecule has 2 aromatic rings. The zero-order valence-electron chi connectivity index (χ0n) is 18.0. The third-order valence-corrected chi connectivity index (χ3v) is 6.84. The lowest BCUT2D eigenvalue weighted by Gasteiger charge is -2.34. The number of hydrogen-bond acceptors (Lipinski definition) is 5. The predicted molar refractivity (Wildman–Crippen MR) is 119 cm³/mol. The fourth-order valence-corrected chi connectivity index (χ4v) is 4.91. The van der Waals surface area contributed by atoms with Gasteiger partial charge in [0.15, 0.2) is 9.84 Å². The van der Waals surface area contributed by atoms with Crippen molar-refractivity contribution in [2.24, 2.45) is 0 Å². The van der Waals surface area contributed by atoms with Crippen LogP contribution in [0.25, 0.3) is 0 Å². The van der Waals surface area contributed by atoms with Gasteiger partial charge in [-0.25, -0.2) is 8.42 Å². The van der Waals surface area contributed by atoms with E-state index in [1.807, 2.05) is 18.7 Å². The molecule has 0 bridgehead atoms. The van der Waals surface area contributed by atoms with Crippen LogP contribution in [0, 0.1) is 0 Å². The Labute approximate surface area is 184 Å². The topological polar surface area (TPSA) is 86.8 Å². The van der Waals surface area contributed by atoms with Crippen molar-refractivity contribution in [1.82, 2.24) is 15.1 Å². The molecule has 8 heteroatoms. The molecule has 0 saturated carbocycles. The molecule has 0 radical (unpaired) electrons. The van der Waals surface area contributed by atoms with Crippen LogP contribution in [0.1, 0.15) is 29.8 Å². The van der Waals surface area contributed by atoms with Crippen molar-refractivity contribution in [1.29, 1.82) is 0 Å². The Bertz CT molecular complexity index is 997. The molecule has 0 unspecified atom stereocenters. The Hall–Kier alpha value is -2.71. The van der Waals surface area contributed by atoms with Crippen LogP contribution in [0.5, 0.6) is 0 Å². The van der Waals surface area contributed by atoms with Gasteiger partial charge in [0.05, 0.1) is 17.2 Å². The average Bonchev–Trinajstić information content (AvgIpc) is 2.74. The smallest absolute Gasteiger partial charge is 0.253 e. The monoisotopic (exact) mass is 443 g/mol. The summed E-state index contributed by atoms with van der Waals surface area (Å²) in [6.45, 7) is 6.59. The van der Waals surface area contributed by atoms with Gasteiger partial charge in [-0.05, 0) is 43.7 Å². The highest BCUT2D eigenvalue weighted by molar-refractivity contribution is 7.90. The maximum Gasteiger partial charge on any atom is 0.253 e. The van der Waals surface area contributed by atoms with Crippen LogP contribution in [-0.4, -0.2) is 68.8 Å². The SMILES string of the molecule is CC(C)NC(=O)CN1CCN(C(=O)c2ccc(CS(=O)(=O)c3ccccc3)cc2)CC1. The molecule has 1 heterocycles. The summed E-state index contributed by atoms with van der Waals surface area (Å²) >= 11 is 0. The number of carbonyl (C=O) groups is 2. The van der Waals surface area contributed by atoms with E-state index in [1.165, 1.54) is 0 Å². The second-order valence-corrected chi connectivity index (χ2v) is 10.0.